The molecular formula is C21H18N2O2S. The van der Waals surface area contributed by atoms with E-state index >= 15 is 0 Å². The second kappa shape index (κ2) is 6.50. The lowest BCUT2D eigenvalue weighted by Gasteiger charge is -2.36. The van der Waals surface area contributed by atoms with Crippen LogP contribution in [0.4, 0.5) is 0 Å². The van der Waals surface area contributed by atoms with E-state index in [-0.39, 0.29) is 17.6 Å². The van der Waals surface area contributed by atoms with Crippen LogP contribution in [0.3, 0.4) is 0 Å². The predicted octanol–water partition coefficient (Wildman–Crippen LogP) is 4.71. The smallest absolute Gasteiger partial charge is 0.173 e. The molecule has 2 aliphatic rings. The molecule has 0 spiro atoms. The lowest BCUT2D eigenvalue weighted by atomic mass is 9.91. The lowest BCUT2D eigenvalue weighted by Crippen LogP contribution is -2.35. The van der Waals surface area contributed by atoms with E-state index in [9.17, 15) is 9.90 Å². The molecule has 0 saturated heterocycles. The standard InChI is InChI=1S/C21H18N2O2S/c1-13-19(14(2)24)20(16-8-10-17(25)11-9-16)23-18(12-26-21(23)22-13)15-6-4-3-5-7-15/h3-12,20,25H,1-2H3. The molecule has 5 heteroatoms. The largest absolute Gasteiger partial charge is 0.508 e. The Morgan fingerprint density at radius 3 is 2.46 bits per heavy atom. The van der Waals surface area contributed by atoms with Crippen LogP contribution in [0.15, 0.2) is 76.3 Å². The third-order valence-corrected chi connectivity index (χ3v) is 5.42. The topological polar surface area (TPSA) is 52.9 Å². The zero-order valence-corrected chi connectivity index (χ0v) is 15.3. The fourth-order valence-electron chi connectivity index (χ4n) is 3.42. The molecule has 130 valence electrons. The molecule has 26 heavy (non-hydrogen) atoms. The van der Waals surface area contributed by atoms with Crippen molar-refractivity contribution in [2.24, 2.45) is 4.99 Å². The number of Topliss-reactive ketones (excluding diaryl/α,β-unsaturated/α-hetero) is 1. The van der Waals surface area contributed by atoms with Crippen molar-refractivity contribution in [1.82, 2.24) is 4.90 Å². The molecule has 2 aliphatic heterocycles. The Bertz CT molecular complexity index is 959. The molecule has 2 aromatic carbocycles. The average molecular weight is 362 g/mol. The molecule has 4 nitrogen and oxygen atoms in total. The van der Waals surface area contributed by atoms with Crippen LogP contribution in [-0.2, 0) is 4.79 Å². The Hall–Kier alpha value is -2.79. The fourth-order valence-corrected chi connectivity index (χ4v) is 4.39. The first-order valence-corrected chi connectivity index (χ1v) is 9.25. The Morgan fingerprint density at radius 2 is 1.81 bits per heavy atom. The first-order chi connectivity index (χ1) is 12.6. The number of thioether (sulfide) groups is 1. The van der Waals surface area contributed by atoms with Crippen LogP contribution in [-0.4, -0.2) is 21.0 Å². The van der Waals surface area contributed by atoms with Gasteiger partial charge in [0.1, 0.15) is 5.75 Å². The first-order valence-electron chi connectivity index (χ1n) is 8.37. The Morgan fingerprint density at radius 1 is 1.12 bits per heavy atom. The molecule has 2 aromatic rings. The van der Waals surface area contributed by atoms with Crippen LogP contribution >= 0.6 is 11.8 Å². The molecule has 1 atom stereocenters. The van der Waals surface area contributed by atoms with Crippen molar-refractivity contribution in [3.8, 4) is 5.75 Å². The number of nitrogens with zero attached hydrogens (tertiary/aromatic N) is 2. The summed E-state index contributed by atoms with van der Waals surface area (Å²) in [5, 5.41) is 12.6. The van der Waals surface area contributed by atoms with E-state index in [1.54, 1.807) is 30.8 Å². The maximum absolute atomic E-state index is 12.5. The van der Waals surface area contributed by atoms with Gasteiger partial charge in [0.2, 0.25) is 0 Å². The van der Waals surface area contributed by atoms with Crippen molar-refractivity contribution in [1.29, 1.82) is 0 Å². The van der Waals surface area contributed by atoms with Gasteiger partial charge < -0.3 is 10.0 Å². The van der Waals surface area contributed by atoms with Gasteiger partial charge in [-0.3, -0.25) is 4.79 Å². The number of carbonyl (C=O) groups is 1. The van der Waals surface area contributed by atoms with Crippen LogP contribution in [0.5, 0.6) is 5.75 Å². The number of aliphatic imine (C=N–C) groups is 1. The van der Waals surface area contributed by atoms with Crippen molar-refractivity contribution < 1.29 is 9.90 Å². The van der Waals surface area contributed by atoms with Crippen LogP contribution in [0, 0.1) is 0 Å². The molecule has 4 rings (SSSR count). The van der Waals surface area contributed by atoms with Crippen LogP contribution < -0.4 is 0 Å². The summed E-state index contributed by atoms with van der Waals surface area (Å²) in [6.07, 6.45) is 0. The molecule has 1 N–H and O–H groups in total. The number of phenols is 1. The Kier molecular flexibility index (Phi) is 4.17. The highest BCUT2D eigenvalue weighted by atomic mass is 32.2. The lowest BCUT2D eigenvalue weighted by molar-refractivity contribution is -0.114. The number of rotatable bonds is 3. The number of allylic oxidation sites excluding steroid dienone is 1. The normalized spacial score (nSPS) is 19.2. The van der Waals surface area contributed by atoms with Crippen LogP contribution in [0.2, 0.25) is 0 Å². The quantitative estimate of drug-likeness (QED) is 0.859. The maximum Gasteiger partial charge on any atom is 0.173 e. The average Bonchev–Trinajstić information content (AvgIpc) is 3.05. The van der Waals surface area contributed by atoms with E-state index in [1.807, 2.05) is 37.3 Å². The SMILES string of the molecule is CC(=O)C1=C(C)N=C2SC=C(c3ccccc3)N2C1c1ccc(O)cc1. The highest BCUT2D eigenvalue weighted by molar-refractivity contribution is 8.16. The summed E-state index contributed by atoms with van der Waals surface area (Å²) >= 11 is 1.57. The van der Waals surface area contributed by atoms with Gasteiger partial charge in [-0.2, -0.15) is 0 Å². The van der Waals surface area contributed by atoms with E-state index in [0.29, 0.717) is 5.57 Å². The number of carbonyl (C=O) groups excluding carboxylic acids is 1. The summed E-state index contributed by atoms with van der Waals surface area (Å²) < 4.78 is 0. The molecule has 0 radical (unpaired) electrons. The van der Waals surface area contributed by atoms with E-state index in [0.717, 1.165) is 27.7 Å². The number of hydrogen-bond donors (Lipinski definition) is 1. The highest BCUT2D eigenvalue weighted by Crippen LogP contribution is 2.46. The zero-order valence-electron chi connectivity index (χ0n) is 14.5. The molecule has 0 amide bonds. The monoisotopic (exact) mass is 362 g/mol. The minimum Gasteiger partial charge on any atom is -0.508 e. The minimum absolute atomic E-state index is 0.00712. The van der Waals surface area contributed by atoms with Gasteiger partial charge in [-0.05, 0) is 37.1 Å². The summed E-state index contributed by atoms with van der Waals surface area (Å²) in [6, 6.07) is 16.9. The van der Waals surface area contributed by atoms with Gasteiger partial charge in [0.15, 0.2) is 11.0 Å². The molecular weight excluding hydrogens is 344 g/mol. The number of benzene rings is 2. The third kappa shape index (κ3) is 2.74. The van der Waals surface area contributed by atoms with Crippen LogP contribution in [0.25, 0.3) is 5.70 Å². The molecule has 0 aromatic heterocycles. The minimum atomic E-state index is -0.262. The Labute approximate surface area is 156 Å². The van der Waals surface area contributed by atoms with E-state index in [2.05, 4.69) is 27.4 Å². The van der Waals surface area contributed by atoms with Gasteiger partial charge in [0.25, 0.3) is 0 Å². The van der Waals surface area contributed by atoms with Crippen molar-refractivity contribution in [3.05, 3.63) is 82.4 Å². The van der Waals surface area contributed by atoms with Gasteiger partial charge in [-0.25, -0.2) is 4.99 Å². The summed E-state index contributed by atoms with van der Waals surface area (Å²) in [7, 11) is 0. The third-order valence-electron chi connectivity index (χ3n) is 4.58. The maximum atomic E-state index is 12.5. The van der Waals surface area contributed by atoms with Gasteiger partial charge in [-0.1, -0.05) is 54.2 Å². The van der Waals surface area contributed by atoms with Crippen molar-refractivity contribution in [3.63, 3.8) is 0 Å². The first kappa shape index (κ1) is 16.7. The summed E-state index contributed by atoms with van der Waals surface area (Å²) in [5.74, 6) is 0.214. The number of hydrogen-bond acceptors (Lipinski definition) is 5. The number of fused-ring (bicyclic) bond motifs is 1. The van der Waals surface area contributed by atoms with Crippen molar-refractivity contribution in [2.75, 3.05) is 0 Å². The second-order valence-electron chi connectivity index (χ2n) is 6.30. The molecule has 0 bridgehead atoms. The molecule has 0 aliphatic carbocycles. The van der Waals surface area contributed by atoms with E-state index < -0.39 is 0 Å². The molecule has 0 saturated carbocycles. The fraction of sp³-hybridized carbons (Fsp3) is 0.143. The number of amidine groups is 1. The van der Waals surface area contributed by atoms with Crippen molar-refractivity contribution in [2.45, 2.75) is 19.9 Å². The van der Waals surface area contributed by atoms with Gasteiger partial charge >= 0.3 is 0 Å². The Balaban J connectivity index is 1.88. The summed E-state index contributed by atoms with van der Waals surface area (Å²) in [4.78, 5) is 19.3. The molecule has 2 heterocycles. The van der Waals surface area contributed by atoms with Gasteiger partial charge in [-0.15, -0.1) is 0 Å². The number of aromatic hydroxyl groups is 1. The molecule has 0 fully saturated rings. The van der Waals surface area contributed by atoms with Gasteiger partial charge in [0, 0.05) is 16.7 Å². The van der Waals surface area contributed by atoms with Crippen LogP contribution in [0.1, 0.15) is 31.0 Å². The predicted molar refractivity (Wildman–Crippen MR) is 106 cm³/mol. The molecule has 1 unspecified atom stereocenters. The summed E-state index contributed by atoms with van der Waals surface area (Å²) in [5.41, 5.74) is 4.49. The number of ketones is 1. The van der Waals surface area contributed by atoms with Gasteiger partial charge in [0.05, 0.1) is 11.7 Å². The summed E-state index contributed by atoms with van der Waals surface area (Å²) in [6.45, 7) is 3.47. The van der Waals surface area contributed by atoms with E-state index in [4.69, 9.17) is 0 Å². The van der Waals surface area contributed by atoms with Crippen molar-refractivity contribution >= 4 is 28.4 Å². The zero-order chi connectivity index (χ0) is 18.3. The second-order valence-corrected chi connectivity index (χ2v) is 7.14. The number of phenolic OH excluding ortho intramolecular Hbond substituents is 1. The van der Waals surface area contributed by atoms with E-state index in [1.165, 1.54) is 0 Å². The highest BCUT2D eigenvalue weighted by Gasteiger charge is 2.39.